The molecule has 1 fully saturated rings. The number of carboxylic acids is 1. The molecule has 0 saturated carbocycles. The minimum atomic E-state index is -1.15. The molecule has 1 amide bonds. The monoisotopic (exact) mass is 173 g/mol. The lowest BCUT2D eigenvalue weighted by Crippen LogP contribution is -2.43. The third-order valence-electron chi connectivity index (χ3n) is 2.17. The fourth-order valence-electron chi connectivity index (χ4n) is 1.55. The second kappa shape index (κ2) is 3.00. The van der Waals surface area contributed by atoms with Gasteiger partial charge in [-0.05, 0) is 19.8 Å². The van der Waals surface area contributed by atoms with Crippen LogP contribution < -0.4 is 0 Å². The van der Waals surface area contributed by atoms with Crippen LogP contribution in [0.5, 0.6) is 0 Å². The number of rotatable bonds is 1. The quantitative estimate of drug-likeness (QED) is 0.608. The first-order valence-corrected chi connectivity index (χ1v) is 3.78. The molecule has 0 aromatic rings. The van der Waals surface area contributed by atoms with Gasteiger partial charge in [0.05, 0.1) is 0 Å². The standard InChI is InChI=1S/C7H11NO4/c1-4-2-3-5(6(9)10)8(4)7(11)12/h4-5H,2-3H2,1H3,(H,9,10)(H,11,12)/t4-,5+/m1/s1. The fraction of sp³-hybridized carbons (Fsp3) is 0.714. The zero-order chi connectivity index (χ0) is 9.30. The van der Waals surface area contributed by atoms with E-state index in [4.69, 9.17) is 10.2 Å². The number of carbonyl (C=O) groups is 2. The number of nitrogens with zero attached hydrogens (tertiary/aromatic N) is 1. The molecule has 2 N–H and O–H groups in total. The summed E-state index contributed by atoms with van der Waals surface area (Å²) in [6.45, 7) is 1.72. The predicted octanol–water partition coefficient (Wildman–Crippen LogP) is 0.602. The van der Waals surface area contributed by atoms with Gasteiger partial charge >= 0.3 is 12.1 Å². The lowest BCUT2D eigenvalue weighted by atomic mass is 10.2. The summed E-state index contributed by atoms with van der Waals surface area (Å²) < 4.78 is 0. The summed E-state index contributed by atoms with van der Waals surface area (Å²) in [5, 5.41) is 17.3. The summed E-state index contributed by atoms with van der Waals surface area (Å²) in [5.41, 5.74) is 0. The predicted molar refractivity (Wildman–Crippen MR) is 40.0 cm³/mol. The zero-order valence-corrected chi connectivity index (χ0v) is 6.73. The van der Waals surface area contributed by atoms with E-state index in [1.54, 1.807) is 6.92 Å². The maximum Gasteiger partial charge on any atom is 0.408 e. The topological polar surface area (TPSA) is 77.8 Å². The van der Waals surface area contributed by atoms with Crippen LogP contribution in [-0.4, -0.2) is 39.3 Å². The lowest BCUT2D eigenvalue weighted by Gasteiger charge is -2.21. The molecular formula is C7H11NO4. The van der Waals surface area contributed by atoms with Crippen molar-refractivity contribution < 1.29 is 19.8 Å². The van der Waals surface area contributed by atoms with Gasteiger partial charge in [0.25, 0.3) is 0 Å². The highest BCUT2D eigenvalue weighted by molar-refractivity contribution is 5.80. The van der Waals surface area contributed by atoms with Gasteiger partial charge in [0, 0.05) is 6.04 Å². The third kappa shape index (κ3) is 1.34. The van der Waals surface area contributed by atoms with Gasteiger partial charge < -0.3 is 10.2 Å². The molecule has 68 valence electrons. The van der Waals surface area contributed by atoms with Crippen molar-refractivity contribution in [2.45, 2.75) is 31.8 Å². The van der Waals surface area contributed by atoms with E-state index in [0.29, 0.717) is 12.8 Å². The summed E-state index contributed by atoms with van der Waals surface area (Å²) in [7, 11) is 0. The molecule has 5 heteroatoms. The van der Waals surface area contributed by atoms with Crippen molar-refractivity contribution in [2.24, 2.45) is 0 Å². The minimum Gasteiger partial charge on any atom is -0.480 e. The lowest BCUT2D eigenvalue weighted by molar-refractivity contribution is -0.141. The highest BCUT2D eigenvalue weighted by Gasteiger charge is 2.38. The number of hydrogen-bond acceptors (Lipinski definition) is 2. The molecule has 0 aromatic heterocycles. The molecular weight excluding hydrogens is 162 g/mol. The van der Waals surface area contributed by atoms with Crippen LogP contribution in [-0.2, 0) is 4.79 Å². The molecule has 1 aliphatic rings. The average molecular weight is 173 g/mol. The first-order chi connectivity index (χ1) is 5.54. The van der Waals surface area contributed by atoms with Crippen molar-refractivity contribution in [1.82, 2.24) is 4.90 Å². The van der Waals surface area contributed by atoms with Crippen LogP contribution in [0.2, 0.25) is 0 Å². The molecule has 5 nitrogen and oxygen atoms in total. The van der Waals surface area contributed by atoms with Crippen molar-refractivity contribution in [3.8, 4) is 0 Å². The highest BCUT2D eigenvalue weighted by atomic mass is 16.4. The zero-order valence-electron chi connectivity index (χ0n) is 6.73. The Hall–Kier alpha value is -1.26. The Kier molecular flexibility index (Phi) is 2.21. The van der Waals surface area contributed by atoms with E-state index in [-0.39, 0.29) is 6.04 Å². The Labute approximate surface area is 69.6 Å². The highest BCUT2D eigenvalue weighted by Crippen LogP contribution is 2.23. The van der Waals surface area contributed by atoms with Crippen LogP contribution in [0.15, 0.2) is 0 Å². The Bertz CT molecular complexity index is 215. The third-order valence-corrected chi connectivity index (χ3v) is 2.17. The summed E-state index contributed by atoms with van der Waals surface area (Å²) in [4.78, 5) is 22.1. The van der Waals surface area contributed by atoms with Crippen molar-refractivity contribution in [2.75, 3.05) is 0 Å². The summed E-state index contributed by atoms with van der Waals surface area (Å²) >= 11 is 0. The average Bonchev–Trinajstić information content (AvgIpc) is 2.30. The number of aliphatic carboxylic acids is 1. The Morgan fingerprint density at radius 2 is 1.92 bits per heavy atom. The van der Waals surface area contributed by atoms with E-state index in [1.165, 1.54) is 0 Å². The first kappa shape index (κ1) is 8.83. The van der Waals surface area contributed by atoms with E-state index >= 15 is 0 Å². The molecule has 0 spiro atoms. The van der Waals surface area contributed by atoms with Gasteiger partial charge in [-0.15, -0.1) is 0 Å². The van der Waals surface area contributed by atoms with Crippen LogP contribution in [0.1, 0.15) is 19.8 Å². The van der Waals surface area contributed by atoms with Crippen LogP contribution in [0.4, 0.5) is 4.79 Å². The van der Waals surface area contributed by atoms with Gasteiger partial charge in [-0.1, -0.05) is 0 Å². The molecule has 0 unspecified atom stereocenters. The normalized spacial score (nSPS) is 28.9. The molecule has 12 heavy (non-hydrogen) atoms. The largest absolute Gasteiger partial charge is 0.480 e. The number of amides is 1. The molecule has 1 saturated heterocycles. The molecule has 0 bridgehead atoms. The van der Waals surface area contributed by atoms with Crippen molar-refractivity contribution in [3.05, 3.63) is 0 Å². The van der Waals surface area contributed by atoms with Gasteiger partial charge in [-0.2, -0.15) is 0 Å². The second-order valence-electron chi connectivity index (χ2n) is 2.97. The maximum absolute atomic E-state index is 10.6. The van der Waals surface area contributed by atoms with E-state index in [0.717, 1.165) is 4.90 Å². The fourth-order valence-corrected chi connectivity index (χ4v) is 1.55. The summed E-state index contributed by atoms with van der Waals surface area (Å²) in [6, 6.07) is -1.03. The molecule has 2 atom stereocenters. The summed E-state index contributed by atoms with van der Waals surface area (Å²) in [5.74, 6) is -1.05. The van der Waals surface area contributed by atoms with Gasteiger partial charge in [-0.25, -0.2) is 9.59 Å². The van der Waals surface area contributed by atoms with E-state index < -0.39 is 18.1 Å². The Morgan fingerprint density at radius 1 is 1.33 bits per heavy atom. The van der Waals surface area contributed by atoms with Gasteiger partial charge in [0.1, 0.15) is 6.04 Å². The van der Waals surface area contributed by atoms with Crippen molar-refractivity contribution in [3.63, 3.8) is 0 Å². The summed E-state index contributed by atoms with van der Waals surface area (Å²) in [6.07, 6.45) is -0.0982. The van der Waals surface area contributed by atoms with E-state index in [2.05, 4.69) is 0 Å². The number of hydrogen-bond donors (Lipinski definition) is 2. The van der Waals surface area contributed by atoms with Crippen LogP contribution in [0.25, 0.3) is 0 Å². The first-order valence-electron chi connectivity index (χ1n) is 3.78. The van der Waals surface area contributed by atoms with Crippen molar-refractivity contribution >= 4 is 12.1 Å². The van der Waals surface area contributed by atoms with Crippen molar-refractivity contribution in [1.29, 1.82) is 0 Å². The molecule has 0 radical (unpaired) electrons. The Balaban J connectivity index is 2.77. The van der Waals surface area contributed by atoms with E-state index in [9.17, 15) is 9.59 Å². The van der Waals surface area contributed by atoms with Crippen LogP contribution in [0, 0.1) is 0 Å². The SMILES string of the molecule is C[C@@H]1CC[C@@H](C(=O)O)N1C(=O)O. The minimum absolute atomic E-state index is 0.177. The van der Waals surface area contributed by atoms with Gasteiger partial charge in [0.15, 0.2) is 0 Å². The molecule has 1 rings (SSSR count). The Morgan fingerprint density at radius 3 is 2.25 bits per heavy atom. The number of carboxylic acid groups (broad SMARTS) is 2. The smallest absolute Gasteiger partial charge is 0.408 e. The molecule has 1 heterocycles. The molecule has 0 aliphatic carbocycles. The maximum atomic E-state index is 10.6. The van der Waals surface area contributed by atoms with E-state index in [1.807, 2.05) is 0 Å². The second-order valence-corrected chi connectivity index (χ2v) is 2.97. The molecule has 1 aliphatic heterocycles. The van der Waals surface area contributed by atoms with Crippen LogP contribution >= 0.6 is 0 Å². The van der Waals surface area contributed by atoms with Gasteiger partial charge in [-0.3, -0.25) is 4.90 Å². The number of likely N-dealkylation sites (tertiary alicyclic amines) is 1. The van der Waals surface area contributed by atoms with Crippen LogP contribution in [0.3, 0.4) is 0 Å². The van der Waals surface area contributed by atoms with Gasteiger partial charge in [0.2, 0.25) is 0 Å². The molecule has 0 aromatic carbocycles.